The van der Waals surface area contributed by atoms with Crippen molar-refractivity contribution in [2.45, 2.75) is 25.3 Å². The fourth-order valence-corrected chi connectivity index (χ4v) is 5.31. The van der Waals surface area contributed by atoms with Gasteiger partial charge in [-0.2, -0.15) is 26.3 Å². The number of nitrogens with zero attached hydrogens (tertiary/aromatic N) is 1. The van der Waals surface area contributed by atoms with Crippen LogP contribution in [0.5, 0.6) is 11.5 Å². The van der Waals surface area contributed by atoms with E-state index in [0.717, 1.165) is 49.7 Å². The Bertz CT molecular complexity index is 1410. The summed E-state index contributed by atoms with van der Waals surface area (Å²) in [6.45, 7) is 4.35. The van der Waals surface area contributed by atoms with Crippen molar-refractivity contribution < 1.29 is 50.5 Å². The van der Waals surface area contributed by atoms with E-state index < -0.39 is 23.9 Å². The highest BCUT2D eigenvalue weighted by molar-refractivity contribution is 7.12. The summed E-state index contributed by atoms with van der Waals surface area (Å²) in [4.78, 5) is 24.4. The molecule has 2 aromatic carbocycles. The molecule has 1 aromatic heterocycles. The van der Waals surface area contributed by atoms with E-state index in [1.165, 1.54) is 23.0 Å². The Hall–Kier alpha value is -3.78. The van der Waals surface area contributed by atoms with Crippen LogP contribution in [-0.4, -0.2) is 60.9 Å². The number of hydrogen-bond acceptors (Lipinski definition) is 6. The molecule has 1 amide bonds. The van der Waals surface area contributed by atoms with Gasteiger partial charge in [-0.1, -0.05) is 18.2 Å². The lowest BCUT2D eigenvalue weighted by Crippen LogP contribution is -2.30. The van der Waals surface area contributed by atoms with Crippen molar-refractivity contribution in [2.24, 2.45) is 5.92 Å². The third-order valence-corrected chi connectivity index (χ3v) is 7.45. The minimum atomic E-state index is -5.08. The van der Waals surface area contributed by atoms with E-state index in [-0.39, 0.29) is 5.91 Å². The van der Waals surface area contributed by atoms with Gasteiger partial charge in [-0.3, -0.25) is 9.69 Å². The van der Waals surface area contributed by atoms with Crippen molar-refractivity contribution in [2.75, 3.05) is 32.8 Å². The summed E-state index contributed by atoms with van der Waals surface area (Å²) in [7, 11) is 0. The van der Waals surface area contributed by atoms with Gasteiger partial charge >= 0.3 is 18.3 Å². The molecule has 2 N–H and O–H groups in total. The first kappa shape index (κ1) is 31.2. The monoisotopic (exact) mass is 616 g/mol. The highest BCUT2D eigenvalue weighted by Crippen LogP contribution is 2.34. The van der Waals surface area contributed by atoms with Crippen molar-refractivity contribution in [3.8, 4) is 22.6 Å². The van der Waals surface area contributed by atoms with Crippen molar-refractivity contribution in [3.63, 3.8) is 0 Å². The molecule has 42 heavy (non-hydrogen) atoms. The van der Waals surface area contributed by atoms with E-state index in [1.807, 2.05) is 12.1 Å². The Morgan fingerprint density at radius 2 is 1.69 bits per heavy atom. The molecule has 0 radical (unpaired) electrons. The maximum atomic E-state index is 13.0. The van der Waals surface area contributed by atoms with Crippen molar-refractivity contribution in [3.05, 3.63) is 69.9 Å². The van der Waals surface area contributed by atoms with Gasteiger partial charge in [-0.25, -0.2) is 4.79 Å². The number of ether oxygens (including phenoxy) is 2. The third kappa shape index (κ3) is 8.38. The largest absolute Gasteiger partial charge is 0.490 e. The van der Waals surface area contributed by atoms with Gasteiger partial charge < -0.3 is 19.9 Å². The maximum Gasteiger partial charge on any atom is 0.490 e. The highest BCUT2D eigenvalue weighted by atomic mass is 32.1. The molecule has 2 aliphatic heterocycles. The average molecular weight is 617 g/mol. The van der Waals surface area contributed by atoms with Crippen LogP contribution in [-0.2, 0) is 17.5 Å². The minimum Gasteiger partial charge on any atom is -0.486 e. The van der Waals surface area contributed by atoms with Crippen LogP contribution in [0, 0.1) is 5.92 Å². The zero-order chi connectivity index (χ0) is 30.5. The molecule has 0 saturated carbocycles. The summed E-state index contributed by atoms with van der Waals surface area (Å²) in [6, 6.07) is 12.8. The fourth-order valence-electron chi connectivity index (χ4n) is 4.47. The average Bonchev–Trinajstić information content (AvgIpc) is 3.61. The summed E-state index contributed by atoms with van der Waals surface area (Å²) < 4.78 is 82.0. The number of amides is 1. The Morgan fingerprint density at radius 1 is 0.976 bits per heavy atom. The van der Waals surface area contributed by atoms with Gasteiger partial charge in [0.15, 0.2) is 11.5 Å². The zero-order valence-corrected chi connectivity index (χ0v) is 22.7. The second-order valence-corrected chi connectivity index (χ2v) is 10.6. The Kier molecular flexibility index (Phi) is 9.67. The lowest BCUT2D eigenvalue weighted by atomic mass is 10.1. The summed E-state index contributed by atoms with van der Waals surface area (Å²) >= 11 is 1.24. The van der Waals surface area contributed by atoms with Crippen molar-refractivity contribution >= 4 is 23.2 Å². The lowest BCUT2D eigenvalue weighted by molar-refractivity contribution is -0.192. The van der Waals surface area contributed by atoms with Crippen LogP contribution in [0.25, 0.3) is 11.1 Å². The molecule has 7 nitrogen and oxygen atoms in total. The van der Waals surface area contributed by atoms with E-state index >= 15 is 0 Å². The number of carboxylic acids is 1. The van der Waals surface area contributed by atoms with Crippen LogP contribution in [0.4, 0.5) is 26.3 Å². The van der Waals surface area contributed by atoms with Gasteiger partial charge in [0.2, 0.25) is 0 Å². The molecular weight excluding hydrogens is 590 g/mol. The molecule has 0 aliphatic carbocycles. The molecule has 3 heterocycles. The molecular formula is C28H26F6N2O5S. The molecule has 14 heteroatoms. The predicted octanol–water partition coefficient (Wildman–Crippen LogP) is 6.09. The van der Waals surface area contributed by atoms with Gasteiger partial charge in [-0.05, 0) is 71.3 Å². The first-order valence-electron chi connectivity index (χ1n) is 12.7. The molecule has 2 aliphatic rings. The summed E-state index contributed by atoms with van der Waals surface area (Å²) in [5.74, 6) is -1.03. The number of halogens is 6. The lowest BCUT2D eigenvalue weighted by Gasteiger charge is -2.21. The number of carbonyl (C=O) groups excluding carboxylic acids is 1. The topological polar surface area (TPSA) is 88.1 Å². The Balaban J connectivity index is 0.000000517. The Labute approximate surface area is 240 Å². The van der Waals surface area contributed by atoms with E-state index in [1.54, 1.807) is 17.5 Å². The summed E-state index contributed by atoms with van der Waals surface area (Å²) in [6.07, 6.45) is -8.49. The number of carbonyl (C=O) groups is 2. The van der Waals surface area contributed by atoms with Crippen molar-refractivity contribution in [1.82, 2.24) is 10.2 Å². The van der Waals surface area contributed by atoms with Gasteiger partial charge in [0.25, 0.3) is 5.91 Å². The smallest absolute Gasteiger partial charge is 0.486 e. The highest BCUT2D eigenvalue weighted by Gasteiger charge is 2.38. The second kappa shape index (κ2) is 13.0. The van der Waals surface area contributed by atoms with Gasteiger partial charge in [0.05, 0.1) is 10.4 Å². The normalized spacial score (nSPS) is 16.9. The number of benzene rings is 2. The van der Waals surface area contributed by atoms with E-state index in [0.29, 0.717) is 41.7 Å². The summed E-state index contributed by atoms with van der Waals surface area (Å²) in [5.41, 5.74) is 1.52. The maximum absolute atomic E-state index is 13.0. The quantitative estimate of drug-likeness (QED) is 0.326. The minimum absolute atomic E-state index is 0.196. The van der Waals surface area contributed by atoms with Gasteiger partial charge in [0.1, 0.15) is 13.2 Å². The molecule has 1 fully saturated rings. The number of rotatable bonds is 6. The number of alkyl halides is 6. The van der Waals surface area contributed by atoms with Crippen LogP contribution in [0.2, 0.25) is 0 Å². The van der Waals surface area contributed by atoms with E-state index in [9.17, 15) is 31.1 Å². The van der Waals surface area contributed by atoms with E-state index in [4.69, 9.17) is 19.4 Å². The molecule has 3 aromatic rings. The number of fused-ring (bicyclic) bond motifs is 1. The summed E-state index contributed by atoms with van der Waals surface area (Å²) in [5, 5.41) is 11.8. The van der Waals surface area contributed by atoms with Crippen LogP contribution < -0.4 is 14.8 Å². The predicted molar refractivity (Wildman–Crippen MR) is 142 cm³/mol. The first-order valence-corrected chi connectivity index (χ1v) is 13.6. The van der Waals surface area contributed by atoms with Gasteiger partial charge in [-0.15, -0.1) is 11.3 Å². The molecule has 0 bridgehead atoms. The first-order chi connectivity index (χ1) is 19.8. The van der Waals surface area contributed by atoms with Crippen LogP contribution in [0.15, 0.2) is 53.9 Å². The molecule has 226 valence electrons. The third-order valence-electron chi connectivity index (χ3n) is 6.52. The molecule has 1 saturated heterocycles. The Morgan fingerprint density at radius 3 is 2.38 bits per heavy atom. The number of aliphatic carboxylic acids is 1. The number of thiophene rings is 1. The van der Waals surface area contributed by atoms with Crippen molar-refractivity contribution in [1.29, 1.82) is 0 Å². The van der Waals surface area contributed by atoms with Gasteiger partial charge in [0, 0.05) is 19.6 Å². The number of hydrogen-bond donors (Lipinski definition) is 2. The molecule has 1 unspecified atom stereocenters. The van der Waals surface area contributed by atoms with Crippen LogP contribution in [0.1, 0.15) is 27.2 Å². The van der Waals surface area contributed by atoms with Crippen LogP contribution in [0.3, 0.4) is 0 Å². The molecule has 5 rings (SSSR count). The standard InChI is InChI=1S/C26H25F3N2O3S.C2HF3O2/c27-26(28,29)21-3-1-2-19(11-21)20-12-24(35-16-20)25(32)30-13-18-6-7-31(15-18)14-17-4-5-22-23(10-17)34-9-8-33-22;3-2(4,5)1(6)7/h1-5,10-12,16,18H,6-9,13-15H2,(H,30,32);(H,6,7). The zero-order valence-electron chi connectivity index (χ0n) is 21.9. The van der Waals surface area contributed by atoms with E-state index in [2.05, 4.69) is 16.3 Å². The number of likely N-dealkylation sites (tertiary alicyclic amines) is 1. The number of nitrogens with one attached hydrogen (secondary N) is 1. The SMILES string of the molecule is O=C(NCC1CCN(Cc2ccc3c(c2)OCCO3)C1)c1cc(-c2cccc(C(F)(F)F)c2)cs1.O=C(O)C(F)(F)F. The molecule has 1 atom stereocenters. The fraction of sp³-hybridized carbons (Fsp3) is 0.357. The number of carboxylic acid groups (broad SMARTS) is 1. The molecule has 0 spiro atoms. The second-order valence-electron chi connectivity index (χ2n) is 9.66. The van der Waals surface area contributed by atoms with Crippen LogP contribution >= 0.6 is 11.3 Å².